The lowest BCUT2D eigenvalue weighted by atomic mass is 9.79. The van der Waals surface area contributed by atoms with Crippen LogP contribution in [0.25, 0.3) is 0 Å². The van der Waals surface area contributed by atoms with Gasteiger partial charge < -0.3 is 10.1 Å². The van der Waals surface area contributed by atoms with E-state index in [1.165, 1.54) is 32.1 Å². The number of rotatable bonds is 2. The number of nitrogens with one attached hydrogen (secondary N) is 1. The second-order valence-corrected chi connectivity index (χ2v) is 6.50. The minimum Gasteiger partial charge on any atom is -0.381 e. The molecule has 98 valence electrons. The van der Waals surface area contributed by atoms with Crippen LogP contribution >= 0.6 is 0 Å². The van der Waals surface area contributed by atoms with E-state index in [9.17, 15) is 0 Å². The van der Waals surface area contributed by atoms with Crippen molar-refractivity contribution in [1.29, 1.82) is 0 Å². The van der Waals surface area contributed by atoms with E-state index in [4.69, 9.17) is 4.74 Å². The molecule has 0 bridgehead atoms. The van der Waals surface area contributed by atoms with Crippen molar-refractivity contribution in [3.05, 3.63) is 11.6 Å². The highest BCUT2D eigenvalue weighted by atomic mass is 16.5. The Labute approximate surface area is 106 Å². The molecule has 1 fully saturated rings. The monoisotopic (exact) mass is 237 g/mol. The highest BCUT2D eigenvalue weighted by molar-refractivity contribution is 5.14. The number of allylic oxidation sites excluding steroid dienone is 1. The topological polar surface area (TPSA) is 21.3 Å². The van der Waals surface area contributed by atoms with Crippen molar-refractivity contribution >= 4 is 0 Å². The summed E-state index contributed by atoms with van der Waals surface area (Å²) in [6.07, 6.45) is 8.63. The maximum Gasteiger partial charge on any atom is 0.0480 e. The summed E-state index contributed by atoms with van der Waals surface area (Å²) in [7, 11) is 0. The maximum absolute atomic E-state index is 5.40. The molecule has 1 N–H and O–H groups in total. The molecule has 2 aliphatic rings. The quantitative estimate of drug-likeness (QED) is 0.744. The predicted molar refractivity (Wildman–Crippen MR) is 72.2 cm³/mol. The van der Waals surface area contributed by atoms with E-state index < -0.39 is 0 Å². The molecule has 1 atom stereocenters. The SMILES string of the molecule is CC(C)(C)C1=CCC(NC2CCOCC2)CC1. The van der Waals surface area contributed by atoms with Gasteiger partial charge in [-0.3, -0.25) is 0 Å². The van der Waals surface area contributed by atoms with E-state index in [-0.39, 0.29) is 0 Å². The molecule has 0 aromatic carbocycles. The molecule has 17 heavy (non-hydrogen) atoms. The Morgan fingerprint density at radius 3 is 2.35 bits per heavy atom. The van der Waals surface area contributed by atoms with E-state index in [0.29, 0.717) is 17.5 Å². The van der Waals surface area contributed by atoms with Gasteiger partial charge in [-0.1, -0.05) is 32.4 Å². The molecule has 0 aromatic rings. The number of hydrogen-bond acceptors (Lipinski definition) is 2. The minimum atomic E-state index is 0.365. The van der Waals surface area contributed by atoms with Gasteiger partial charge in [0, 0.05) is 25.3 Å². The lowest BCUT2D eigenvalue weighted by Crippen LogP contribution is -2.42. The largest absolute Gasteiger partial charge is 0.381 e. The molecular weight excluding hydrogens is 210 g/mol. The van der Waals surface area contributed by atoms with E-state index in [1.807, 2.05) is 0 Å². The minimum absolute atomic E-state index is 0.365. The molecule has 0 saturated carbocycles. The van der Waals surface area contributed by atoms with Crippen molar-refractivity contribution in [2.24, 2.45) is 5.41 Å². The molecule has 1 heterocycles. The first-order valence-electron chi connectivity index (χ1n) is 7.09. The zero-order valence-electron chi connectivity index (χ0n) is 11.6. The van der Waals surface area contributed by atoms with Crippen LogP contribution in [0.2, 0.25) is 0 Å². The summed E-state index contributed by atoms with van der Waals surface area (Å²) in [6.45, 7) is 8.85. The first kappa shape index (κ1) is 13.1. The summed E-state index contributed by atoms with van der Waals surface area (Å²) in [5.41, 5.74) is 2.01. The van der Waals surface area contributed by atoms with Crippen LogP contribution in [0.4, 0.5) is 0 Å². The maximum atomic E-state index is 5.40. The van der Waals surface area contributed by atoms with Crippen LogP contribution in [-0.2, 0) is 4.74 Å². The van der Waals surface area contributed by atoms with E-state index in [0.717, 1.165) is 13.2 Å². The fourth-order valence-corrected chi connectivity index (χ4v) is 2.86. The van der Waals surface area contributed by atoms with Crippen molar-refractivity contribution in [2.75, 3.05) is 13.2 Å². The third-order valence-corrected chi connectivity index (χ3v) is 4.07. The van der Waals surface area contributed by atoms with Gasteiger partial charge in [0.05, 0.1) is 0 Å². The highest BCUT2D eigenvalue weighted by Gasteiger charge is 2.24. The second-order valence-electron chi connectivity index (χ2n) is 6.50. The molecule has 1 aliphatic carbocycles. The van der Waals surface area contributed by atoms with Gasteiger partial charge in [0.2, 0.25) is 0 Å². The normalized spacial score (nSPS) is 27.9. The fraction of sp³-hybridized carbons (Fsp3) is 0.867. The average Bonchev–Trinajstić information content (AvgIpc) is 2.30. The first-order chi connectivity index (χ1) is 8.05. The fourth-order valence-electron chi connectivity index (χ4n) is 2.86. The smallest absolute Gasteiger partial charge is 0.0480 e. The molecule has 0 radical (unpaired) electrons. The van der Waals surface area contributed by atoms with Gasteiger partial charge in [-0.2, -0.15) is 0 Å². The predicted octanol–water partition coefficient (Wildman–Crippen LogP) is 3.28. The van der Waals surface area contributed by atoms with Crippen LogP contribution in [0.15, 0.2) is 11.6 Å². The summed E-state index contributed by atoms with van der Waals surface area (Å²) in [6, 6.07) is 1.39. The van der Waals surface area contributed by atoms with Crippen molar-refractivity contribution in [3.8, 4) is 0 Å². The Kier molecular flexibility index (Phi) is 4.26. The zero-order valence-corrected chi connectivity index (χ0v) is 11.6. The third-order valence-electron chi connectivity index (χ3n) is 4.07. The molecule has 2 rings (SSSR count). The van der Waals surface area contributed by atoms with Gasteiger partial charge >= 0.3 is 0 Å². The summed E-state index contributed by atoms with van der Waals surface area (Å²) in [4.78, 5) is 0. The van der Waals surface area contributed by atoms with Gasteiger partial charge in [0.15, 0.2) is 0 Å². The van der Waals surface area contributed by atoms with E-state index in [2.05, 4.69) is 32.2 Å². The zero-order chi connectivity index (χ0) is 12.3. The van der Waals surface area contributed by atoms with Gasteiger partial charge in [0.25, 0.3) is 0 Å². The van der Waals surface area contributed by atoms with Crippen molar-refractivity contribution in [1.82, 2.24) is 5.32 Å². The van der Waals surface area contributed by atoms with Crippen molar-refractivity contribution < 1.29 is 4.74 Å². The Balaban J connectivity index is 1.80. The molecule has 0 amide bonds. The first-order valence-corrected chi connectivity index (χ1v) is 7.09. The lowest BCUT2D eigenvalue weighted by molar-refractivity contribution is 0.0743. The van der Waals surface area contributed by atoms with E-state index >= 15 is 0 Å². The third kappa shape index (κ3) is 3.82. The van der Waals surface area contributed by atoms with Crippen LogP contribution in [-0.4, -0.2) is 25.3 Å². The highest BCUT2D eigenvalue weighted by Crippen LogP contribution is 2.33. The van der Waals surface area contributed by atoms with E-state index in [1.54, 1.807) is 5.57 Å². The molecule has 0 aromatic heterocycles. The Morgan fingerprint density at radius 1 is 1.12 bits per heavy atom. The standard InChI is InChI=1S/C15H27NO/c1-15(2,3)12-4-6-13(7-5-12)16-14-8-10-17-11-9-14/h4,13-14,16H,5-11H2,1-3H3. The molecule has 1 unspecified atom stereocenters. The molecular formula is C15H27NO. The summed E-state index contributed by atoms with van der Waals surface area (Å²) in [5.74, 6) is 0. The molecule has 2 heteroatoms. The number of ether oxygens (including phenoxy) is 1. The molecule has 1 saturated heterocycles. The van der Waals surface area contributed by atoms with Crippen LogP contribution in [0, 0.1) is 5.41 Å². The Bertz CT molecular complexity index is 271. The van der Waals surface area contributed by atoms with Crippen LogP contribution in [0.1, 0.15) is 52.9 Å². The van der Waals surface area contributed by atoms with Gasteiger partial charge in [-0.15, -0.1) is 0 Å². The molecule has 1 aliphatic heterocycles. The van der Waals surface area contributed by atoms with Gasteiger partial charge in [0.1, 0.15) is 0 Å². The lowest BCUT2D eigenvalue weighted by Gasteiger charge is -2.33. The van der Waals surface area contributed by atoms with Crippen molar-refractivity contribution in [2.45, 2.75) is 65.0 Å². The second kappa shape index (κ2) is 5.53. The number of hydrogen-bond donors (Lipinski definition) is 1. The summed E-state index contributed by atoms with van der Waals surface area (Å²) < 4.78 is 5.40. The summed E-state index contributed by atoms with van der Waals surface area (Å²) >= 11 is 0. The Morgan fingerprint density at radius 2 is 1.82 bits per heavy atom. The van der Waals surface area contributed by atoms with Gasteiger partial charge in [-0.25, -0.2) is 0 Å². The van der Waals surface area contributed by atoms with Crippen molar-refractivity contribution in [3.63, 3.8) is 0 Å². The Hall–Kier alpha value is -0.340. The molecule has 2 nitrogen and oxygen atoms in total. The van der Waals surface area contributed by atoms with Crippen LogP contribution in [0.5, 0.6) is 0 Å². The summed E-state index contributed by atoms with van der Waals surface area (Å²) in [5, 5.41) is 3.81. The van der Waals surface area contributed by atoms with Crippen LogP contribution in [0.3, 0.4) is 0 Å². The van der Waals surface area contributed by atoms with Gasteiger partial charge in [-0.05, 0) is 37.5 Å². The molecule has 0 spiro atoms. The van der Waals surface area contributed by atoms with Crippen LogP contribution < -0.4 is 5.32 Å². The average molecular weight is 237 g/mol.